The second-order valence-electron chi connectivity index (χ2n) is 3.97. The molecule has 0 bridgehead atoms. The maximum atomic E-state index is 11.2. The van der Waals surface area contributed by atoms with Crippen LogP contribution in [-0.4, -0.2) is 15.3 Å². The Morgan fingerprint density at radius 1 is 1.44 bits per heavy atom. The molecule has 1 aromatic rings. The zero-order valence-corrected chi connectivity index (χ0v) is 13.0. The van der Waals surface area contributed by atoms with Crippen LogP contribution in [0.2, 0.25) is 0 Å². The van der Waals surface area contributed by atoms with Crippen LogP contribution in [0.5, 0.6) is 0 Å². The quantitative estimate of drug-likeness (QED) is 0.378. The molecule has 18 heavy (non-hydrogen) atoms. The van der Waals surface area contributed by atoms with Gasteiger partial charge in [0.25, 0.3) is 4.45 Å². The molecule has 0 fully saturated rings. The maximum absolute atomic E-state index is 11.2. The van der Waals surface area contributed by atoms with Crippen LogP contribution in [0.1, 0.15) is 25.5 Å². The van der Waals surface area contributed by atoms with Crippen molar-refractivity contribution in [3.63, 3.8) is 0 Å². The molecule has 5 nitrogen and oxygen atoms in total. The molecular weight excluding hydrogens is 368 g/mol. The van der Waals surface area contributed by atoms with Crippen molar-refractivity contribution >= 4 is 37.8 Å². The number of nitro groups is 1. The number of hydrogen-bond donors (Lipinski definition) is 1. The molecule has 98 valence electrons. The first-order valence-corrected chi connectivity index (χ1v) is 6.69. The Balaban J connectivity index is 3.17. The number of halogens is 2. The van der Waals surface area contributed by atoms with Gasteiger partial charge in [-0.1, -0.05) is 28.1 Å². The predicted octanol–water partition coefficient (Wildman–Crippen LogP) is 3.01. The van der Waals surface area contributed by atoms with Gasteiger partial charge in [-0.2, -0.15) is 0 Å². The van der Waals surface area contributed by atoms with E-state index in [1.54, 1.807) is 24.3 Å². The van der Waals surface area contributed by atoms with Gasteiger partial charge in [-0.3, -0.25) is 14.9 Å². The van der Waals surface area contributed by atoms with Crippen molar-refractivity contribution in [3.05, 3.63) is 44.4 Å². The SMILES string of the molecule is CC(=O)NC(c1ccc(Br)cc1)C(C)(Br)[N+](=O)[O-]. The third-order valence-corrected chi connectivity index (χ3v) is 3.71. The lowest BCUT2D eigenvalue weighted by Gasteiger charge is -2.26. The summed E-state index contributed by atoms with van der Waals surface area (Å²) in [5.74, 6) is -0.324. The van der Waals surface area contributed by atoms with Crippen LogP contribution in [-0.2, 0) is 4.79 Å². The summed E-state index contributed by atoms with van der Waals surface area (Å²) < 4.78 is -0.600. The molecular formula is C11H12Br2N2O3. The van der Waals surface area contributed by atoms with Crippen molar-refractivity contribution in [3.8, 4) is 0 Å². The second kappa shape index (κ2) is 5.79. The van der Waals surface area contributed by atoms with Crippen LogP contribution in [0.3, 0.4) is 0 Å². The van der Waals surface area contributed by atoms with Gasteiger partial charge in [0, 0.05) is 39.2 Å². The Labute approximate surface area is 121 Å². The Morgan fingerprint density at radius 3 is 2.33 bits per heavy atom. The Morgan fingerprint density at radius 2 is 1.94 bits per heavy atom. The summed E-state index contributed by atoms with van der Waals surface area (Å²) in [4.78, 5) is 21.8. The number of nitrogens with zero attached hydrogens (tertiary/aromatic N) is 1. The van der Waals surface area contributed by atoms with E-state index in [0.29, 0.717) is 5.56 Å². The summed E-state index contributed by atoms with van der Waals surface area (Å²) >= 11 is 6.36. The van der Waals surface area contributed by atoms with Gasteiger partial charge in [0.2, 0.25) is 5.91 Å². The molecule has 1 aromatic carbocycles. The highest BCUT2D eigenvalue weighted by Gasteiger charge is 2.44. The first-order valence-electron chi connectivity index (χ1n) is 5.11. The number of alkyl halides is 1. The Bertz CT molecular complexity index is 460. The van der Waals surface area contributed by atoms with E-state index >= 15 is 0 Å². The van der Waals surface area contributed by atoms with Crippen LogP contribution < -0.4 is 5.32 Å². The maximum Gasteiger partial charge on any atom is 0.295 e. The molecule has 1 amide bonds. The summed E-state index contributed by atoms with van der Waals surface area (Å²) in [5, 5.41) is 13.7. The highest BCUT2D eigenvalue weighted by atomic mass is 79.9. The van der Waals surface area contributed by atoms with Crippen LogP contribution in [0.15, 0.2) is 28.7 Å². The van der Waals surface area contributed by atoms with E-state index in [-0.39, 0.29) is 5.91 Å². The van der Waals surface area contributed by atoms with E-state index in [4.69, 9.17) is 0 Å². The molecule has 0 heterocycles. The van der Waals surface area contributed by atoms with E-state index in [2.05, 4.69) is 37.2 Å². The van der Waals surface area contributed by atoms with Gasteiger partial charge in [0.1, 0.15) is 6.04 Å². The standard InChI is InChI=1S/C11H12Br2N2O3/c1-7(16)14-10(11(2,13)15(17)18)8-3-5-9(12)6-4-8/h3-6,10H,1-2H3,(H,14,16). The zero-order valence-electron chi connectivity index (χ0n) is 9.81. The lowest BCUT2D eigenvalue weighted by molar-refractivity contribution is -0.536. The average Bonchev–Trinajstić information content (AvgIpc) is 2.26. The van der Waals surface area contributed by atoms with Crippen molar-refractivity contribution in [2.75, 3.05) is 0 Å². The van der Waals surface area contributed by atoms with Gasteiger partial charge in [0.05, 0.1) is 0 Å². The fourth-order valence-corrected chi connectivity index (χ4v) is 2.13. The molecule has 0 aromatic heterocycles. The summed E-state index contributed by atoms with van der Waals surface area (Å²) in [6.45, 7) is 2.74. The first kappa shape index (κ1) is 15.1. The molecule has 2 atom stereocenters. The third-order valence-electron chi connectivity index (χ3n) is 2.43. The number of carbonyl (C=O) groups excluding carboxylic acids is 1. The highest BCUT2D eigenvalue weighted by Crippen LogP contribution is 2.34. The average molecular weight is 380 g/mol. The fourth-order valence-electron chi connectivity index (χ4n) is 1.48. The fraction of sp³-hybridized carbons (Fsp3) is 0.364. The van der Waals surface area contributed by atoms with Gasteiger partial charge in [-0.25, -0.2) is 0 Å². The molecule has 0 aliphatic rings. The summed E-state index contributed by atoms with van der Waals surface area (Å²) in [5.41, 5.74) is 0.657. The predicted molar refractivity (Wildman–Crippen MR) is 75.0 cm³/mol. The molecule has 0 spiro atoms. The molecule has 0 aliphatic heterocycles. The van der Waals surface area contributed by atoms with E-state index in [1.165, 1.54) is 13.8 Å². The van der Waals surface area contributed by atoms with Crippen LogP contribution >= 0.6 is 31.9 Å². The summed E-state index contributed by atoms with van der Waals surface area (Å²) in [6.07, 6.45) is 0. The van der Waals surface area contributed by atoms with E-state index < -0.39 is 15.4 Å². The molecule has 1 rings (SSSR count). The van der Waals surface area contributed by atoms with Crippen molar-refractivity contribution in [2.24, 2.45) is 0 Å². The number of amides is 1. The molecule has 1 N–H and O–H groups in total. The minimum absolute atomic E-state index is 0.324. The van der Waals surface area contributed by atoms with Crippen LogP contribution in [0.4, 0.5) is 0 Å². The molecule has 2 unspecified atom stereocenters. The lowest BCUT2D eigenvalue weighted by Crippen LogP contribution is -2.44. The third kappa shape index (κ3) is 3.52. The molecule has 0 aliphatic carbocycles. The molecule has 7 heteroatoms. The van der Waals surface area contributed by atoms with Crippen molar-refractivity contribution in [2.45, 2.75) is 24.3 Å². The van der Waals surface area contributed by atoms with Gasteiger partial charge in [-0.05, 0) is 17.7 Å². The van der Waals surface area contributed by atoms with Gasteiger partial charge in [0.15, 0.2) is 0 Å². The number of benzene rings is 1. The largest absolute Gasteiger partial charge is 0.342 e. The molecule has 0 saturated carbocycles. The van der Waals surface area contributed by atoms with Gasteiger partial charge in [-0.15, -0.1) is 0 Å². The topological polar surface area (TPSA) is 72.2 Å². The first-order chi connectivity index (χ1) is 8.25. The number of rotatable bonds is 4. The minimum Gasteiger partial charge on any atom is -0.342 e. The van der Waals surface area contributed by atoms with E-state index in [1.807, 2.05) is 0 Å². The normalized spacial score (nSPS) is 15.6. The van der Waals surface area contributed by atoms with E-state index in [9.17, 15) is 14.9 Å². The zero-order chi connectivity index (χ0) is 13.9. The summed E-state index contributed by atoms with van der Waals surface area (Å²) in [6, 6.07) is 6.25. The number of hydrogen-bond acceptors (Lipinski definition) is 3. The monoisotopic (exact) mass is 378 g/mol. The Kier molecular flexibility index (Phi) is 4.86. The van der Waals surface area contributed by atoms with Crippen molar-refractivity contribution < 1.29 is 9.72 Å². The smallest absolute Gasteiger partial charge is 0.295 e. The lowest BCUT2D eigenvalue weighted by atomic mass is 10.0. The number of nitrogens with one attached hydrogen (secondary N) is 1. The minimum atomic E-state index is -1.47. The number of carbonyl (C=O) groups is 1. The molecule has 0 saturated heterocycles. The van der Waals surface area contributed by atoms with Crippen molar-refractivity contribution in [1.82, 2.24) is 5.32 Å². The van der Waals surface area contributed by atoms with Gasteiger partial charge >= 0.3 is 0 Å². The summed E-state index contributed by atoms with van der Waals surface area (Å²) in [7, 11) is 0. The second-order valence-corrected chi connectivity index (χ2v) is 6.49. The van der Waals surface area contributed by atoms with Gasteiger partial charge < -0.3 is 5.32 Å². The van der Waals surface area contributed by atoms with Crippen molar-refractivity contribution in [1.29, 1.82) is 0 Å². The Hall–Kier alpha value is -0.950. The highest BCUT2D eigenvalue weighted by molar-refractivity contribution is 9.10. The molecule has 0 radical (unpaired) electrons. The van der Waals surface area contributed by atoms with Crippen LogP contribution in [0, 0.1) is 10.1 Å². The van der Waals surface area contributed by atoms with E-state index in [0.717, 1.165) is 4.47 Å². The van der Waals surface area contributed by atoms with Crippen LogP contribution in [0.25, 0.3) is 0 Å².